The highest BCUT2D eigenvalue weighted by atomic mass is 35.5. The molecule has 2 heterocycles. The molecule has 1 aromatic heterocycles. The van der Waals surface area contributed by atoms with Gasteiger partial charge in [0.25, 0.3) is 5.91 Å². The average molecular weight is 318 g/mol. The number of ether oxygens (including phenoxy) is 1. The summed E-state index contributed by atoms with van der Waals surface area (Å²) in [6, 6.07) is 10.8. The lowest BCUT2D eigenvalue weighted by atomic mass is 10.1. The molecule has 6 heteroatoms. The summed E-state index contributed by atoms with van der Waals surface area (Å²) in [6.07, 6.45) is 0.0715. The van der Waals surface area contributed by atoms with Gasteiger partial charge in [-0.05, 0) is 30.2 Å². The fraction of sp³-hybridized carbons (Fsp3) is 0.250. The highest BCUT2D eigenvalue weighted by Crippen LogP contribution is 2.35. The maximum absolute atomic E-state index is 12.6. The van der Waals surface area contributed by atoms with Crippen LogP contribution in [0.5, 0.6) is 5.75 Å². The molecule has 0 fully saturated rings. The summed E-state index contributed by atoms with van der Waals surface area (Å²) in [5, 5.41) is 0.611. The number of rotatable bonds is 3. The molecule has 3 rings (SSSR count). The predicted molar refractivity (Wildman–Crippen MR) is 86.0 cm³/mol. The Morgan fingerprint density at radius 3 is 2.82 bits per heavy atom. The number of fused-ring (bicyclic) bond motifs is 1. The van der Waals surface area contributed by atoms with Gasteiger partial charge < -0.3 is 10.5 Å². The Morgan fingerprint density at radius 2 is 2.09 bits per heavy atom. The Balaban J connectivity index is 2.03. The van der Waals surface area contributed by atoms with Crippen molar-refractivity contribution < 1.29 is 9.53 Å². The van der Waals surface area contributed by atoms with Crippen molar-refractivity contribution in [3.63, 3.8) is 0 Å². The molecule has 1 amide bonds. The summed E-state index contributed by atoms with van der Waals surface area (Å²) in [5.74, 6) is 1.21. The van der Waals surface area contributed by atoms with Crippen molar-refractivity contribution in [3.05, 3.63) is 47.0 Å². The minimum atomic E-state index is -0.514. The molecule has 0 bridgehead atoms. The third-order valence-electron chi connectivity index (χ3n) is 3.58. The highest BCUT2D eigenvalue weighted by Gasteiger charge is 2.34. The summed E-state index contributed by atoms with van der Waals surface area (Å²) in [4.78, 5) is 18.5. The fourth-order valence-corrected chi connectivity index (χ4v) is 2.62. The number of carbonyl (C=O) groups excluding carboxylic acids is 1. The molecule has 114 valence electrons. The van der Waals surface area contributed by atoms with E-state index in [4.69, 9.17) is 22.1 Å². The molecule has 2 N–H and O–H groups in total. The number of halogens is 1. The molecular formula is C16H16ClN3O2. The Morgan fingerprint density at radius 1 is 1.32 bits per heavy atom. The zero-order valence-electron chi connectivity index (χ0n) is 12.1. The van der Waals surface area contributed by atoms with Crippen LogP contribution in [0, 0.1) is 0 Å². The maximum atomic E-state index is 12.6. The molecular weight excluding hydrogens is 302 g/mol. The summed E-state index contributed by atoms with van der Waals surface area (Å²) >= 11 is 6.21. The number of hydrogen-bond acceptors (Lipinski definition) is 4. The largest absolute Gasteiger partial charge is 0.477 e. The Labute approximate surface area is 133 Å². The second kappa shape index (κ2) is 5.85. The van der Waals surface area contributed by atoms with Crippen LogP contribution in [-0.4, -0.2) is 17.0 Å². The first-order valence-corrected chi connectivity index (χ1v) is 7.46. The molecule has 1 aromatic carbocycles. The number of carbonyl (C=O) groups is 1. The number of benzene rings is 1. The number of nitrogen functional groups attached to an aromatic ring is 1. The maximum Gasteiger partial charge on any atom is 0.269 e. The summed E-state index contributed by atoms with van der Waals surface area (Å²) in [7, 11) is 0. The molecule has 1 unspecified atom stereocenters. The van der Waals surface area contributed by atoms with E-state index in [1.165, 1.54) is 0 Å². The number of aromatic nitrogens is 1. The summed E-state index contributed by atoms with van der Waals surface area (Å²) < 4.78 is 5.70. The van der Waals surface area contributed by atoms with Gasteiger partial charge in [0, 0.05) is 5.02 Å². The molecule has 0 saturated carbocycles. The molecule has 0 aliphatic carbocycles. The minimum Gasteiger partial charge on any atom is -0.477 e. The van der Waals surface area contributed by atoms with Crippen LogP contribution in [0.2, 0.25) is 5.02 Å². The number of hydrogen-bond donors (Lipinski definition) is 1. The molecule has 0 radical (unpaired) electrons. The minimum absolute atomic E-state index is 0.131. The first-order valence-electron chi connectivity index (χ1n) is 7.08. The number of amides is 1. The lowest BCUT2D eigenvalue weighted by Crippen LogP contribution is -2.45. The second-order valence-electron chi connectivity index (χ2n) is 5.09. The van der Waals surface area contributed by atoms with Crippen molar-refractivity contribution in [2.75, 3.05) is 10.6 Å². The van der Waals surface area contributed by atoms with Crippen LogP contribution < -0.4 is 15.4 Å². The van der Waals surface area contributed by atoms with E-state index >= 15 is 0 Å². The molecule has 0 saturated heterocycles. The van der Waals surface area contributed by atoms with Crippen LogP contribution in [0.1, 0.15) is 18.9 Å². The molecule has 22 heavy (non-hydrogen) atoms. The van der Waals surface area contributed by atoms with E-state index < -0.39 is 6.10 Å². The van der Waals surface area contributed by atoms with E-state index in [0.717, 1.165) is 5.56 Å². The Kier molecular flexibility index (Phi) is 3.90. The van der Waals surface area contributed by atoms with E-state index in [1.807, 2.05) is 25.1 Å². The normalized spacial score (nSPS) is 17.1. The third kappa shape index (κ3) is 2.60. The van der Waals surface area contributed by atoms with E-state index in [-0.39, 0.29) is 5.91 Å². The topological polar surface area (TPSA) is 68.5 Å². The smallest absolute Gasteiger partial charge is 0.269 e. The molecule has 5 nitrogen and oxygen atoms in total. The predicted octanol–water partition coefficient (Wildman–Crippen LogP) is 3.02. The van der Waals surface area contributed by atoms with Gasteiger partial charge >= 0.3 is 0 Å². The first kappa shape index (κ1) is 14.7. The highest BCUT2D eigenvalue weighted by molar-refractivity contribution is 6.31. The van der Waals surface area contributed by atoms with E-state index in [0.29, 0.717) is 35.4 Å². The number of anilines is 2. The molecule has 1 atom stereocenters. The van der Waals surface area contributed by atoms with Crippen molar-refractivity contribution in [2.24, 2.45) is 0 Å². The van der Waals surface area contributed by atoms with Crippen LogP contribution in [0.4, 0.5) is 11.6 Å². The van der Waals surface area contributed by atoms with Crippen LogP contribution in [0.3, 0.4) is 0 Å². The van der Waals surface area contributed by atoms with Gasteiger partial charge in [-0.2, -0.15) is 0 Å². The van der Waals surface area contributed by atoms with Gasteiger partial charge in [0.2, 0.25) is 0 Å². The van der Waals surface area contributed by atoms with Gasteiger partial charge in [-0.3, -0.25) is 9.69 Å². The third-order valence-corrected chi connectivity index (χ3v) is 3.95. The van der Waals surface area contributed by atoms with E-state index in [2.05, 4.69) is 4.98 Å². The second-order valence-corrected chi connectivity index (χ2v) is 5.50. The van der Waals surface area contributed by atoms with Crippen LogP contribution in [0.25, 0.3) is 0 Å². The quantitative estimate of drug-likeness (QED) is 0.944. The van der Waals surface area contributed by atoms with Gasteiger partial charge in [0.05, 0.1) is 6.54 Å². The standard InChI is InChI=1S/C16H16ClN3O2/c1-2-12-16(21)20(9-10-5-3-4-6-11(10)17)15-13(22-12)7-8-14(18)19-15/h3-8,12H,2,9H2,1H3,(H2,18,19). The van der Waals surface area contributed by atoms with Gasteiger partial charge in [-0.1, -0.05) is 36.7 Å². The lowest BCUT2D eigenvalue weighted by Gasteiger charge is -2.33. The van der Waals surface area contributed by atoms with Crippen LogP contribution in [-0.2, 0) is 11.3 Å². The average Bonchev–Trinajstić information content (AvgIpc) is 2.52. The van der Waals surface area contributed by atoms with Crippen LogP contribution >= 0.6 is 11.6 Å². The van der Waals surface area contributed by atoms with Crippen molar-refractivity contribution in [1.82, 2.24) is 4.98 Å². The van der Waals surface area contributed by atoms with Crippen molar-refractivity contribution >= 4 is 29.1 Å². The Hall–Kier alpha value is -2.27. The van der Waals surface area contributed by atoms with Crippen molar-refractivity contribution in [1.29, 1.82) is 0 Å². The first-order chi connectivity index (χ1) is 10.6. The van der Waals surface area contributed by atoms with Crippen molar-refractivity contribution in [2.45, 2.75) is 26.0 Å². The molecule has 1 aliphatic rings. The molecule has 1 aliphatic heterocycles. The van der Waals surface area contributed by atoms with E-state index in [1.54, 1.807) is 23.1 Å². The molecule has 2 aromatic rings. The number of nitrogens with zero attached hydrogens (tertiary/aromatic N) is 2. The Bertz CT molecular complexity index is 720. The van der Waals surface area contributed by atoms with Crippen LogP contribution in [0.15, 0.2) is 36.4 Å². The molecule has 0 spiro atoms. The van der Waals surface area contributed by atoms with Gasteiger partial charge in [0.15, 0.2) is 17.7 Å². The van der Waals surface area contributed by atoms with Crippen molar-refractivity contribution in [3.8, 4) is 5.75 Å². The monoisotopic (exact) mass is 317 g/mol. The number of nitrogens with two attached hydrogens (primary N) is 1. The summed E-state index contributed by atoms with van der Waals surface area (Å²) in [6.45, 7) is 2.24. The lowest BCUT2D eigenvalue weighted by molar-refractivity contribution is -0.126. The zero-order valence-corrected chi connectivity index (χ0v) is 12.9. The van der Waals surface area contributed by atoms with Gasteiger partial charge in [0.1, 0.15) is 5.82 Å². The fourth-order valence-electron chi connectivity index (χ4n) is 2.43. The van der Waals surface area contributed by atoms with E-state index in [9.17, 15) is 4.79 Å². The SMILES string of the molecule is CCC1Oc2ccc(N)nc2N(Cc2ccccc2Cl)C1=O. The number of pyridine rings is 1. The summed E-state index contributed by atoms with van der Waals surface area (Å²) in [5.41, 5.74) is 6.60. The van der Waals surface area contributed by atoms with Gasteiger partial charge in [-0.15, -0.1) is 0 Å². The zero-order chi connectivity index (χ0) is 15.7. The van der Waals surface area contributed by atoms with Gasteiger partial charge in [-0.25, -0.2) is 4.98 Å².